The predicted molar refractivity (Wildman–Crippen MR) is 242 cm³/mol. The summed E-state index contributed by atoms with van der Waals surface area (Å²) in [4.78, 5) is 27.2. The van der Waals surface area contributed by atoms with Gasteiger partial charge in [0.1, 0.15) is 12.2 Å². The number of hydrogen-bond acceptors (Lipinski definition) is 10. The van der Waals surface area contributed by atoms with Crippen LogP contribution in [0.25, 0.3) is 0 Å². The second-order valence-electron chi connectivity index (χ2n) is 21.0. The molecule has 0 saturated carbocycles. The van der Waals surface area contributed by atoms with E-state index in [0.717, 1.165) is 24.0 Å². The molecule has 4 aromatic rings. The topological polar surface area (TPSA) is 114 Å². The van der Waals surface area contributed by atoms with Gasteiger partial charge < -0.3 is 39.1 Å². The fraction of sp³-hybridized carbons (Fsp3) is 0.509. The Labute approximate surface area is 373 Å². The number of carbonyl (C=O) groups is 2. The molecule has 4 aliphatic rings. The van der Waals surface area contributed by atoms with E-state index in [1.165, 1.54) is 11.1 Å². The molecule has 8 rings (SSSR count). The van der Waals surface area contributed by atoms with Gasteiger partial charge in [0.2, 0.25) is 0 Å². The van der Waals surface area contributed by atoms with Crippen molar-refractivity contribution < 1.29 is 38.0 Å². The molecule has 4 fully saturated rings. The lowest BCUT2D eigenvalue weighted by atomic mass is 9.70. The maximum Gasteiger partial charge on any atom is 0.338 e. The first-order valence-electron chi connectivity index (χ1n) is 22.6. The predicted octanol–water partition coefficient (Wildman–Crippen LogP) is 9.33. The maximum absolute atomic E-state index is 13.6. The number of esters is 2. The van der Waals surface area contributed by atoms with Gasteiger partial charge in [-0.3, -0.25) is 0 Å². The van der Waals surface area contributed by atoms with Gasteiger partial charge in [-0.05, 0) is 104 Å². The van der Waals surface area contributed by atoms with E-state index in [1.807, 2.05) is 36.4 Å². The highest BCUT2D eigenvalue weighted by molar-refractivity contribution is 5.90. The van der Waals surface area contributed by atoms with E-state index in [9.17, 15) is 9.59 Å². The van der Waals surface area contributed by atoms with Gasteiger partial charge in [-0.1, -0.05) is 84.9 Å². The molecule has 0 radical (unpaired) electrons. The number of hydrogen-bond donors (Lipinski definition) is 2. The summed E-state index contributed by atoms with van der Waals surface area (Å²) in [6, 6.07) is 35.5. The molecule has 4 aliphatic heterocycles. The second kappa shape index (κ2) is 17.9. The Balaban J connectivity index is 0.827. The largest absolute Gasteiger partial charge is 0.458 e. The van der Waals surface area contributed by atoms with Crippen LogP contribution in [-0.2, 0) is 41.3 Å². The molecule has 4 atom stereocenters. The summed E-state index contributed by atoms with van der Waals surface area (Å²) in [5.74, 6) is -0.476. The average molecular weight is 859 g/mol. The Morgan fingerprint density at radius 1 is 0.508 bits per heavy atom. The normalized spacial score (nSPS) is 29.7. The molecular formula is C53H66N2O8. The van der Waals surface area contributed by atoms with E-state index < -0.39 is 18.0 Å². The zero-order valence-corrected chi connectivity index (χ0v) is 38.3. The van der Waals surface area contributed by atoms with Crippen molar-refractivity contribution >= 4 is 11.9 Å². The van der Waals surface area contributed by atoms with E-state index >= 15 is 0 Å². The van der Waals surface area contributed by atoms with Crippen LogP contribution in [-0.4, -0.2) is 72.7 Å². The van der Waals surface area contributed by atoms with Crippen LogP contribution in [0.5, 0.6) is 0 Å². The Kier molecular flexibility index (Phi) is 12.8. The highest BCUT2D eigenvalue weighted by Gasteiger charge is 2.49. The van der Waals surface area contributed by atoms with E-state index in [1.54, 1.807) is 24.3 Å². The maximum atomic E-state index is 13.6. The summed E-state index contributed by atoms with van der Waals surface area (Å²) in [5.41, 5.74) is 3.76. The van der Waals surface area contributed by atoms with Crippen LogP contribution in [0.4, 0.5) is 0 Å². The number of rotatable bonds is 10. The SMILES string of the molecule is CC1(C)CC(OC(=O)c2ccc(C3OCC4(CO3)COC(c3ccc(C(=O)OC5CC(C)(C)NC(C)(C)C5Cc5ccccc5)cc3)OC4)cc2)C(Cc2ccccc2)C(C)(C)N1. The Hall–Kier alpha value is -4.42. The zero-order chi connectivity index (χ0) is 44.6. The Morgan fingerprint density at radius 2 is 0.841 bits per heavy atom. The molecule has 10 heteroatoms. The molecule has 0 aliphatic carbocycles. The first-order chi connectivity index (χ1) is 29.9. The lowest BCUT2D eigenvalue weighted by Gasteiger charge is -2.51. The van der Waals surface area contributed by atoms with Crippen LogP contribution in [0.1, 0.15) is 124 Å². The van der Waals surface area contributed by atoms with Crippen molar-refractivity contribution in [3.05, 3.63) is 143 Å². The van der Waals surface area contributed by atoms with Crippen LogP contribution >= 0.6 is 0 Å². The minimum atomic E-state index is -0.581. The third-order valence-corrected chi connectivity index (χ3v) is 13.6. The van der Waals surface area contributed by atoms with Crippen molar-refractivity contribution in [1.29, 1.82) is 0 Å². The van der Waals surface area contributed by atoms with E-state index in [-0.39, 0.29) is 58.1 Å². The van der Waals surface area contributed by atoms with Gasteiger partial charge in [0.05, 0.1) is 43.0 Å². The molecule has 0 bridgehead atoms. The van der Waals surface area contributed by atoms with Gasteiger partial charge in [-0.15, -0.1) is 0 Å². The minimum Gasteiger partial charge on any atom is -0.458 e. The van der Waals surface area contributed by atoms with Crippen molar-refractivity contribution in [2.45, 2.75) is 128 Å². The summed E-state index contributed by atoms with van der Waals surface area (Å²) in [7, 11) is 0. The molecule has 10 nitrogen and oxygen atoms in total. The lowest BCUT2D eigenvalue weighted by Crippen LogP contribution is -2.65. The van der Waals surface area contributed by atoms with Crippen molar-refractivity contribution in [3.63, 3.8) is 0 Å². The van der Waals surface area contributed by atoms with Crippen molar-refractivity contribution in [2.24, 2.45) is 17.3 Å². The van der Waals surface area contributed by atoms with Crippen molar-refractivity contribution in [1.82, 2.24) is 10.6 Å². The third-order valence-electron chi connectivity index (χ3n) is 13.6. The average Bonchev–Trinajstić information content (AvgIpc) is 3.24. The zero-order valence-electron chi connectivity index (χ0n) is 38.3. The Bertz CT molecular complexity index is 2010. The molecule has 0 amide bonds. The summed E-state index contributed by atoms with van der Waals surface area (Å²) < 4.78 is 37.6. The molecule has 4 saturated heterocycles. The van der Waals surface area contributed by atoms with Crippen LogP contribution in [0.15, 0.2) is 109 Å². The smallest absolute Gasteiger partial charge is 0.338 e. The monoisotopic (exact) mass is 858 g/mol. The molecule has 0 aromatic heterocycles. The molecule has 1 spiro atoms. The van der Waals surface area contributed by atoms with Crippen LogP contribution < -0.4 is 10.6 Å². The highest BCUT2D eigenvalue weighted by atomic mass is 16.7. The fourth-order valence-electron chi connectivity index (χ4n) is 10.7. The van der Waals surface area contributed by atoms with Crippen molar-refractivity contribution in [3.8, 4) is 0 Å². The summed E-state index contributed by atoms with van der Waals surface area (Å²) in [6.45, 7) is 19.0. The molecule has 4 unspecified atom stereocenters. The molecule has 336 valence electrons. The van der Waals surface area contributed by atoms with E-state index in [0.29, 0.717) is 50.4 Å². The van der Waals surface area contributed by atoms with Gasteiger partial charge in [-0.2, -0.15) is 0 Å². The van der Waals surface area contributed by atoms with Gasteiger partial charge >= 0.3 is 11.9 Å². The van der Waals surface area contributed by atoms with Crippen LogP contribution in [0.3, 0.4) is 0 Å². The van der Waals surface area contributed by atoms with Gasteiger partial charge in [0, 0.05) is 58.0 Å². The van der Waals surface area contributed by atoms with Crippen LogP contribution in [0.2, 0.25) is 0 Å². The Morgan fingerprint density at radius 3 is 1.17 bits per heavy atom. The lowest BCUT2D eigenvalue weighted by molar-refractivity contribution is -0.307. The van der Waals surface area contributed by atoms with Crippen LogP contribution in [0, 0.1) is 17.3 Å². The third kappa shape index (κ3) is 10.6. The van der Waals surface area contributed by atoms with Gasteiger partial charge in [0.15, 0.2) is 12.6 Å². The number of piperidine rings is 2. The van der Waals surface area contributed by atoms with E-state index in [2.05, 4.69) is 115 Å². The first kappa shape index (κ1) is 45.2. The standard InChI is InChI=1S/C53H66N2O8/c1-49(2)29-43(41(51(5,6)54-49)27-35-15-11-9-12-16-35)62-45(56)37-19-23-39(24-20-37)47-58-31-53(32-59-47)33-60-48(61-34-53)40-25-21-38(22-26-40)46(57)63-44-30-50(3,4)55-52(7,8)42(44)28-36-17-13-10-14-18-36/h9-26,41-44,47-48,54-55H,27-34H2,1-8H3. The quantitative estimate of drug-likeness (QED) is 0.150. The summed E-state index contributed by atoms with van der Waals surface area (Å²) in [6.07, 6.45) is 1.38. The second-order valence-corrected chi connectivity index (χ2v) is 21.0. The first-order valence-corrected chi connectivity index (χ1v) is 22.6. The summed E-state index contributed by atoms with van der Waals surface area (Å²) >= 11 is 0. The fourth-order valence-corrected chi connectivity index (χ4v) is 10.7. The highest BCUT2D eigenvalue weighted by Crippen LogP contribution is 2.41. The number of benzene rings is 4. The molecule has 2 N–H and O–H groups in total. The number of carbonyl (C=O) groups excluding carboxylic acids is 2. The summed E-state index contributed by atoms with van der Waals surface area (Å²) in [5, 5.41) is 7.59. The number of ether oxygens (including phenoxy) is 6. The number of nitrogens with one attached hydrogen (secondary N) is 2. The molecule has 4 heterocycles. The van der Waals surface area contributed by atoms with Gasteiger partial charge in [-0.25, -0.2) is 9.59 Å². The van der Waals surface area contributed by atoms with Gasteiger partial charge in [0.25, 0.3) is 0 Å². The minimum absolute atomic E-state index is 0.0941. The molecule has 4 aromatic carbocycles. The van der Waals surface area contributed by atoms with Crippen molar-refractivity contribution in [2.75, 3.05) is 26.4 Å². The molecular weight excluding hydrogens is 793 g/mol. The van der Waals surface area contributed by atoms with E-state index in [4.69, 9.17) is 28.4 Å². The molecule has 63 heavy (non-hydrogen) atoms.